The van der Waals surface area contributed by atoms with Crippen molar-refractivity contribution in [3.63, 3.8) is 0 Å². The van der Waals surface area contributed by atoms with E-state index in [1.54, 1.807) is 23.4 Å². The molecule has 28 heteroatoms. The average molecular weight is 1460 g/mol. The van der Waals surface area contributed by atoms with Gasteiger partial charge in [0.05, 0.1) is 110 Å². The van der Waals surface area contributed by atoms with Gasteiger partial charge in [-0.25, -0.2) is 40.5 Å². The highest BCUT2D eigenvalue weighted by Gasteiger charge is 2.36. The number of hydrogen-bond acceptors (Lipinski definition) is 22. The lowest BCUT2D eigenvalue weighted by Crippen LogP contribution is -2.43. The van der Waals surface area contributed by atoms with Crippen LogP contribution in [0.25, 0.3) is 4.85 Å². The molecule has 25 nitrogen and oxygen atoms in total. The average Bonchev–Trinajstić information content (AvgIpc) is 1.63. The van der Waals surface area contributed by atoms with Crippen LogP contribution >= 0.6 is 39.6 Å². The number of imidazole rings is 2. The first-order valence-electron chi connectivity index (χ1n) is 33.1. The molecule has 0 saturated heterocycles. The van der Waals surface area contributed by atoms with Crippen LogP contribution in [0, 0.1) is 29.7 Å². The first-order valence-corrected chi connectivity index (χ1v) is 36.2. The Morgan fingerprint density at radius 1 is 0.656 bits per heavy atom. The van der Waals surface area contributed by atoms with Gasteiger partial charge in [-0.05, 0) is 101 Å². The van der Waals surface area contributed by atoms with E-state index in [1.165, 1.54) is 12.7 Å². The molecule has 2 aliphatic rings. The Morgan fingerprint density at radius 2 is 1.06 bits per heavy atom. The number of aliphatic hydroxyl groups is 1. The maximum atomic E-state index is 12.9. The fraction of sp³-hybridized carbons (Fsp3) is 0.785. The number of nitrogens with zero attached hydrogens (tertiary/aromatic N) is 11. The van der Waals surface area contributed by atoms with Crippen LogP contribution in [-0.4, -0.2) is 213 Å². The van der Waals surface area contributed by atoms with Gasteiger partial charge in [0.2, 0.25) is 6.54 Å². The molecule has 2 aliphatic heterocycles. The van der Waals surface area contributed by atoms with Crippen molar-refractivity contribution in [1.29, 1.82) is 5.26 Å². The molecule has 1 N–H and O–H groups in total. The standard InChI is InChI=1S/C29H48N5O7P.C20H31N3O6.C15H32N3OP.CH3I/c1-10-24(17-40-42(39-12-11-30-8)34(21(4)5)22(6)7)41-27(18-38-14-13-37-9)33-19-31-28-26(36)16-23(32-29(28)33)15-25(35)20(2)3;1-5-15(10-24)29-18(11-28-7-6-27-4)23-12-21-19-17(26)9-14(22-20(19)23)8-16(25)13(2)3;1-12(2)17(13(3)4)20(19-11-9-10-16)18(14(5)6)15(7)8;1-2/h19-22,24,27H,10-18H2,1-7,9H3;12-13,15,18,24H,5-11H2,1-4H3;12-15H,9,11H2,1-8H3;1H3/t24-,27-,42?;15-,18-;;/m11../s1/i;;;1D. The van der Waals surface area contributed by atoms with Gasteiger partial charge in [0, 0.05) is 87.9 Å². The molecule has 0 bridgehead atoms. The largest absolute Gasteiger partial charge is 0.394 e. The fourth-order valence-electron chi connectivity index (χ4n) is 9.53. The number of ketones is 4. The van der Waals surface area contributed by atoms with E-state index in [4.69, 9.17) is 60.2 Å². The SMILES string of the molecule is CC(C)N(C(C)C)P(OCCC#N)N(C(C)C)C(C)C.CC[C@H](CO)O[C@H](COCCOC)n1cnc2c1N=C(CC(=O)C(C)C)CC2=O.[2H]CI.[C-]#[N+]CCOP(OC[C@@H](CC)O[C@H](COCCOC)n1cnc2c1N=C(CC(=O)C(C)C)CC2=O)N(C(C)C)C(C)C. The predicted molar refractivity (Wildman–Crippen MR) is 376 cm³/mol. The maximum absolute atomic E-state index is 12.9. The van der Waals surface area contributed by atoms with Gasteiger partial charge in [0.25, 0.3) is 8.53 Å². The van der Waals surface area contributed by atoms with Gasteiger partial charge in [-0.15, -0.1) is 0 Å². The van der Waals surface area contributed by atoms with Crippen molar-refractivity contribution in [2.75, 3.05) is 91.7 Å². The molecule has 0 spiro atoms. The number of aliphatic imine (C=N–C) groups is 2. The van der Waals surface area contributed by atoms with Crippen molar-refractivity contribution in [2.24, 2.45) is 21.8 Å². The number of fused-ring (bicyclic) bond motifs is 2. The van der Waals surface area contributed by atoms with E-state index in [0.717, 1.165) is 0 Å². The minimum atomic E-state index is -1.43. The second-order valence-corrected chi connectivity index (χ2v) is 27.4. The van der Waals surface area contributed by atoms with Crippen molar-refractivity contribution in [3.05, 3.63) is 35.5 Å². The summed E-state index contributed by atoms with van der Waals surface area (Å²) < 4.78 is 69.2. The Balaban J connectivity index is 0.000000737. The molecule has 4 heterocycles. The third-order valence-corrected chi connectivity index (χ3v) is 19.3. The number of rotatable bonds is 43. The Hall–Kier alpha value is -3.51. The van der Waals surface area contributed by atoms with E-state index >= 15 is 0 Å². The quantitative estimate of drug-likeness (QED) is 0.0212. The van der Waals surface area contributed by atoms with Crippen LogP contribution < -0.4 is 0 Å². The van der Waals surface area contributed by atoms with Gasteiger partial charge in [-0.2, -0.15) is 5.26 Å². The van der Waals surface area contributed by atoms with Crippen LogP contribution in [0.4, 0.5) is 11.6 Å². The number of hydrogen-bond donors (Lipinski definition) is 1. The van der Waals surface area contributed by atoms with Gasteiger partial charge in [-0.3, -0.25) is 28.3 Å². The number of Topliss-reactive ketones (excluding diaryl/α,β-unsaturated/α-hetero) is 4. The maximum Gasteiger partial charge on any atom is 0.259 e. The molecule has 0 amide bonds. The minimum Gasteiger partial charge on any atom is -0.394 e. The Kier molecular flexibility index (Phi) is 44.4. The molecule has 0 aromatic carbocycles. The summed E-state index contributed by atoms with van der Waals surface area (Å²) in [6.07, 6.45) is 3.11. The van der Waals surface area contributed by atoms with Gasteiger partial charge in [0.1, 0.15) is 18.2 Å². The minimum absolute atomic E-state index is 0.0296. The topological polar surface area (TPSA) is 270 Å². The Bertz CT molecular complexity index is 2600. The molecule has 0 aliphatic carbocycles. The van der Waals surface area contributed by atoms with E-state index in [1.807, 2.05) is 64.1 Å². The van der Waals surface area contributed by atoms with Crippen molar-refractivity contribution in [2.45, 2.75) is 230 Å². The van der Waals surface area contributed by atoms with Crippen LogP contribution in [0.15, 0.2) is 22.6 Å². The number of ether oxygens (including phenoxy) is 6. The normalized spacial score (nSPS) is 15.0. The van der Waals surface area contributed by atoms with Crippen molar-refractivity contribution >= 4 is 85.8 Å². The highest BCUT2D eigenvalue weighted by atomic mass is 127. The van der Waals surface area contributed by atoms with Gasteiger partial charge in [0.15, 0.2) is 55.5 Å². The third kappa shape index (κ3) is 30.4. The molecule has 530 valence electrons. The summed E-state index contributed by atoms with van der Waals surface area (Å²) in [4.78, 5) is 71.6. The van der Waals surface area contributed by atoms with E-state index in [-0.39, 0.29) is 130 Å². The monoisotopic (exact) mass is 1460 g/mol. The fourth-order valence-corrected chi connectivity index (χ4v) is 13.5. The van der Waals surface area contributed by atoms with E-state index in [0.29, 0.717) is 104 Å². The third-order valence-electron chi connectivity index (χ3n) is 14.1. The summed E-state index contributed by atoms with van der Waals surface area (Å²) in [6, 6.07) is 4.20. The summed E-state index contributed by atoms with van der Waals surface area (Å²) in [6.45, 7) is 47.4. The number of carbonyl (C=O) groups excluding carboxylic acids is 4. The number of aliphatic hydroxyl groups excluding tert-OH is 1. The lowest BCUT2D eigenvalue weighted by Gasteiger charge is -2.45. The molecule has 2 aromatic rings. The molecule has 4 rings (SSSR count). The second kappa shape index (κ2) is 48.2. The zero-order valence-electron chi connectivity index (χ0n) is 60.5. The summed E-state index contributed by atoms with van der Waals surface area (Å²) >= 11 is 1.96. The van der Waals surface area contributed by atoms with E-state index in [9.17, 15) is 24.3 Å². The van der Waals surface area contributed by atoms with Gasteiger partial charge >= 0.3 is 0 Å². The molecule has 0 fully saturated rings. The van der Waals surface area contributed by atoms with Crippen LogP contribution in [0.5, 0.6) is 0 Å². The number of nitriles is 1. The number of aromatic nitrogens is 4. The summed E-state index contributed by atoms with van der Waals surface area (Å²) in [5, 5.41) is 18.3. The van der Waals surface area contributed by atoms with E-state index < -0.39 is 35.5 Å². The van der Waals surface area contributed by atoms with Crippen LogP contribution in [0.1, 0.15) is 204 Å². The molecular weight excluding hydrogens is 1350 g/mol. The first-order chi connectivity index (χ1) is 44.6. The first kappa shape index (κ1) is 85.6. The molecule has 5 atom stereocenters. The molecule has 1 unspecified atom stereocenters. The van der Waals surface area contributed by atoms with Crippen LogP contribution in [-0.2, 0) is 51.6 Å². The molecular formula is C65H114IN11O14P2. The number of halogens is 1. The summed E-state index contributed by atoms with van der Waals surface area (Å²) in [5.74, 6) is 0.167. The lowest BCUT2D eigenvalue weighted by molar-refractivity contribution is -0.121. The van der Waals surface area contributed by atoms with Crippen LogP contribution in [0.3, 0.4) is 0 Å². The highest BCUT2D eigenvalue weighted by Crippen LogP contribution is 2.51. The second-order valence-electron chi connectivity index (χ2n) is 24.3. The summed E-state index contributed by atoms with van der Waals surface area (Å²) in [5.41, 5.74) is 1.56. The summed E-state index contributed by atoms with van der Waals surface area (Å²) in [7, 11) is 0.918. The number of alkyl halides is 1. The van der Waals surface area contributed by atoms with Crippen molar-refractivity contribution in [3.8, 4) is 6.07 Å². The predicted octanol–water partition coefficient (Wildman–Crippen LogP) is 13.0. The van der Waals surface area contributed by atoms with E-state index in [2.05, 4.69) is 123 Å². The number of methoxy groups -OCH3 is 2. The van der Waals surface area contributed by atoms with Crippen LogP contribution in [0.2, 0.25) is 0 Å². The van der Waals surface area contributed by atoms with Crippen molar-refractivity contribution in [1.82, 2.24) is 33.1 Å². The van der Waals surface area contributed by atoms with Crippen molar-refractivity contribution < 1.29 is 67.6 Å². The highest BCUT2D eigenvalue weighted by molar-refractivity contribution is 14.1. The Labute approximate surface area is 574 Å². The lowest BCUT2D eigenvalue weighted by atomic mass is 9.98. The van der Waals surface area contributed by atoms with Gasteiger partial charge in [-0.1, -0.05) is 64.1 Å². The zero-order valence-corrected chi connectivity index (χ0v) is 63.4. The van der Waals surface area contributed by atoms with Gasteiger partial charge < -0.3 is 51.9 Å². The molecule has 2 aromatic heterocycles. The smallest absolute Gasteiger partial charge is 0.259 e. The molecule has 0 saturated carbocycles. The zero-order chi connectivity index (χ0) is 71.2. The molecule has 93 heavy (non-hydrogen) atoms. The number of carbonyl (C=O) groups is 4. The Morgan fingerprint density at radius 3 is 1.41 bits per heavy atom. The molecule has 0 radical (unpaired) electrons.